The van der Waals surface area contributed by atoms with E-state index in [1.54, 1.807) is 6.92 Å². The zero-order valence-corrected chi connectivity index (χ0v) is 13.0. The Labute approximate surface area is 122 Å². The van der Waals surface area contributed by atoms with Crippen LogP contribution >= 0.6 is 0 Å². The highest BCUT2D eigenvalue weighted by Gasteiger charge is 2.27. The fourth-order valence-corrected chi connectivity index (χ4v) is 2.02. The Bertz CT molecular complexity index is 412. The van der Waals surface area contributed by atoms with Crippen LogP contribution in [0.2, 0.25) is 0 Å². The number of hydrogen-bond acceptors (Lipinski definition) is 2. The molecule has 1 amide bonds. The predicted octanol–water partition coefficient (Wildman–Crippen LogP) is 3.09. The zero-order chi connectivity index (χ0) is 15.2. The molecule has 3 heteroatoms. The van der Waals surface area contributed by atoms with Crippen molar-refractivity contribution < 1.29 is 9.90 Å². The summed E-state index contributed by atoms with van der Waals surface area (Å²) in [7, 11) is 0. The smallest absolute Gasteiger partial charge is 0.227 e. The molecule has 2 N–H and O–H groups in total. The number of benzene rings is 1. The third-order valence-corrected chi connectivity index (χ3v) is 3.96. The Morgan fingerprint density at radius 1 is 1.30 bits per heavy atom. The molecule has 3 nitrogen and oxygen atoms in total. The molecule has 20 heavy (non-hydrogen) atoms. The van der Waals surface area contributed by atoms with E-state index in [1.807, 2.05) is 44.2 Å². The SMILES string of the molecule is CCCC(C(=O)NCC(C)(O)C(C)C)c1ccccc1. The Kier molecular flexibility index (Phi) is 6.21. The van der Waals surface area contributed by atoms with E-state index in [0.717, 1.165) is 18.4 Å². The van der Waals surface area contributed by atoms with Crippen LogP contribution in [0.15, 0.2) is 30.3 Å². The van der Waals surface area contributed by atoms with Crippen LogP contribution in [0, 0.1) is 5.92 Å². The molecule has 112 valence electrons. The molecule has 0 saturated heterocycles. The highest BCUT2D eigenvalue weighted by molar-refractivity contribution is 5.83. The molecule has 0 radical (unpaired) electrons. The normalized spacial score (nSPS) is 15.7. The van der Waals surface area contributed by atoms with Gasteiger partial charge in [-0.2, -0.15) is 0 Å². The second-order valence-corrected chi connectivity index (χ2v) is 5.98. The lowest BCUT2D eigenvalue weighted by molar-refractivity contribution is -0.124. The molecule has 0 aromatic heterocycles. The van der Waals surface area contributed by atoms with Crippen molar-refractivity contribution in [1.29, 1.82) is 0 Å². The van der Waals surface area contributed by atoms with Gasteiger partial charge in [-0.15, -0.1) is 0 Å². The minimum absolute atomic E-state index is 0.000949. The van der Waals surface area contributed by atoms with Gasteiger partial charge < -0.3 is 10.4 Å². The van der Waals surface area contributed by atoms with E-state index in [0.29, 0.717) is 0 Å². The van der Waals surface area contributed by atoms with E-state index in [-0.39, 0.29) is 24.3 Å². The van der Waals surface area contributed by atoms with E-state index in [2.05, 4.69) is 12.2 Å². The number of amides is 1. The zero-order valence-electron chi connectivity index (χ0n) is 13.0. The molecule has 0 bridgehead atoms. The largest absolute Gasteiger partial charge is 0.388 e. The standard InChI is InChI=1S/C17H27NO2/c1-5-9-15(14-10-7-6-8-11-14)16(19)18-12-17(4,20)13(2)3/h6-8,10-11,13,15,20H,5,9,12H2,1-4H3,(H,18,19). The van der Waals surface area contributed by atoms with Gasteiger partial charge in [-0.05, 0) is 24.8 Å². The lowest BCUT2D eigenvalue weighted by atomic mass is 9.91. The van der Waals surface area contributed by atoms with Crippen molar-refractivity contribution in [2.75, 3.05) is 6.54 Å². The topological polar surface area (TPSA) is 49.3 Å². The second kappa shape index (κ2) is 7.44. The molecule has 0 saturated carbocycles. The summed E-state index contributed by atoms with van der Waals surface area (Å²) in [6, 6.07) is 9.83. The summed E-state index contributed by atoms with van der Waals surface area (Å²) < 4.78 is 0. The van der Waals surface area contributed by atoms with Crippen LogP contribution in [0.25, 0.3) is 0 Å². The molecule has 0 aliphatic heterocycles. The number of hydrogen-bond donors (Lipinski definition) is 2. The van der Waals surface area contributed by atoms with Gasteiger partial charge >= 0.3 is 0 Å². The van der Waals surface area contributed by atoms with Gasteiger partial charge in [-0.3, -0.25) is 4.79 Å². The lowest BCUT2D eigenvalue weighted by Crippen LogP contribution is -2.45. The highest BCUT2D eigenvalue weighted by atomic mass is 16.3. The van der Waals surface area contributed by atoms with E-state index >= 15 is 0 Å². The highest BCUT2D eigenvalue weighted by Crippen LogP contribution is 2.22. The molecule has 0 spiro atoms. The van der Waals surface area contributed by atoms with Gasteiger partial charge in [-0.1, -0.05) is 57.5 Å². The molecule has 0 aliphatic rings. The minimum Gasteiger partial charge on any atom is -0.388 e. The summed E-state index contributed by atoms with van der Waals surface area (Å²) in [6.45, 7) is 8.03. The number of rotatable bonds is 7. The van der Waals surface area contributed by atoms with E-state index in [9.17, 15) is 9.90 Å². The maximum Gasteiger partial charge on any atom is 0.227 e. The summed E-state index contributed by atoms with van der Waals surface area (Å²) in [5, 5.41) is 13.1. The molecule has 2 atom stereocenters. The third kappa shape index (κ3) is 4.64. The van der Waals surface area contributed by atoms with E-state index in [1.165, 1.54) is 0 Å². The fraction of sp³-hybridized carbons (Fsp3) is 0.588. The summed E-state index contributed by atoms with van der Waals surface area (Å²) in [5.74, 6) is -0.0349. The monoisotopic (exact) mass is 277 g/mol. The first-order valence-electron chi connectivity index (χ1n) is 7.43. The molecule has 1 rings (SSSR count). The van der Waals surface area contributed by atoms with Crippen LogP contribution in [0.5, 0.6) is 0 Å². The Morgan fingerprint density at radius 2 is 1.90 bits per heavy atom. The summed E-state index contributed by atoms with van der Waals surface area (Å²) in [5.41, 5.74) is 0.166. The van der Waals surface area contributed by atoms with Crippen molar-refractivity contribution in [3.63, 3.8) is 0 Å². The average molecular weight is 277 g/mol. The van der Waals surface area contributed by atoms with Crippen molar-refractivity contribution in [2.45, 2.75) is 52.1 Å². The summed E-state index contributed by atoms with van der Waals surface area (Å²) in [4.78, 5) is 12.4. The van der Waals surface area contributed by atoms with E-state index < -0.39 is 5.60 Å². The summed E-state index contributed by atoms with van der Waals surface area (Å²) in [6.07, 6.45) is 1.77. The van der Waals surface area contributed by atoms with Crippen molar-refractivity contribution >= 4 is 5.91 Å². The second-order valence-electron chi connectivity index (χ2n) is 5.98. The van der Waals surface area contributed by atoms with Gasteiger partial charge in [0.05, 0.1) is 11.5 Å². The number of carbonyl (C=O) groups excluding carboxylic acids is 1. The van der Waals surface area contributed by atoms with Gasteiger partial charge in [0.2, 0.25) is 5.91 Å². The van der Waals surface area contributed by atoms with Crippen molar-refractivity contribution in [3.8, 4) is 0 Å². The number of aliphatic hydroxyl groups is 1. The summed E-state index contributed by atoms with van der Waals surface area (Å²) >= 11 is 0. The van der Waals surface area contributed by atoms with Gasteiger partial charge in [0.25, 0.3) is 0 Å². The van der Waals surface area contributed by atoms with Crippen LogP contribution in [-0.4, -0.2) is 23.2 Å². The average Bonchev–Trinajstić information content (AvgIpc) is 2.43. The molecule has 1 aromatic carbocycles. The van der Waals surface area contributed by atoms with E-state index in [4.69, 9.17) is 0 Å². The van der Waals surface area contributed by atoms with Crippen molar-refractivity contribution in [2.24, 2.45) is 5.92 Å². The maximum absolute atomic E-state index is 12.4. The lowest BCUT2D eigenvalue weighted by Gasteiger charge is -2.29. The molecule has 2 unspecified atom stereocenters. The van der Waals surface area contributed by atoms with Crippen molar-refractivity contribution in [1.82, 2.24) is 5.32 Å². The minimum atomic E-state index is -0.872. The maximum atomic E-state index is 12.4. The predicted molar refractivity (Wildman–Crippen MR) is 82.6 cm³/mol. The first-order valence-corrected chi connectivity index (χ1v) is 7.43. The Morgan fingerprint density at radius 3 is 2.40 bits per heavy atom. The van der Waals surface area contributed by atoms with Crippen LogP contribution in [-0.2, 0) is 4.79 Å². The Hall–Kier alpha value is -1.35. The van der Waals surface area contributed by atoms with Gasteiger partial charge in [-0.25, -0.2) is 0 Å². The fourth-order valence-electron chi connectivity index (χ4n) is 2.02. The first kappa shape index (κ1) is 16.7. The molecular formula is C17H27NO2. The molecular weight excluding hydrogens is 250 g/mol. The molecule has 0 fully saturated rings. The van der Waals surface area contributed by atoms with Crippen LogP contribution in [0.4, 0.5) is 0 Å². The number of nitrogens with one attached hydrogen (secondary N) is 1. The molecule has 0 heterocycles. The van der Waals surface area contributed by atoms with Gasteiger partial charge in [0, 0.05) is 6.54 Å². The first-order chi connectivity index (χ1) is 9.38. The third-order valence-electron chi connectivity index (χ3n) is 3.96. The molecule has 1 aromatic rings. The van der Waals surface area contributed by atoms with Crippen LogP contribution in [0.1, 0.15) is 52.0 Å². The Balaban J connectivity index is 2.71. The van der Waals surface area contributed by atoms with Gasteiger partial charge in [0.15, 0.2) is 0 Å². The van der Waals surface area contributed by atoms with Crippen molar-refractivity contribution in [3.05, 3.63) is 35.9 Å². The quantitative estimate of drug-likeness (QED) is 0.804. The van der Waals surface area contributed by atoms with Crippen LogP contribution in [0.3, 0.4) is 0 Å². The van der Waals surface area contributed by atoms with Crippen LogP contribution < -0.4 is 5.32 Å². The molecule has 0 aliphatic carbocycles. The van der Waals surface area contributed by atoms with Gasteiger partial charge in [0.1, 0.15) is 0 Å². The number of carbonyl (C=O) groups is 1.